The molecule has 2 rings (SSSR count). The Morgan fingerprint density at radius 3 is 3.00 bits per heavy atom. The molecular weight excluding hydrogens is 232 g/mol. The van der Waals surface area contributed by atoms with E-state index >= 15 is 0 Å². The van der Waals surface area contributed by atoms with Crippen molar-refractivity contribution in [1.82, 2.24) is 0 Å². The predicted octanol–water partition coefficient (Wildman–Crippen LogP) is 2.94. The van der Waals surface area contributed by atoms with Crippen molar-refractivity contribution in [2.75, 3.05) is 6.61 Å². The van der Waals surface area contributed by atoms with E-state index in [1.54, 1.807) is 0 Å². The van der Waals surface area contributed by atoms with Crippen LogP contribution in [0.5, 0.6) is 0 Å². The van der Waals surface area contributed by atoms with E-state index in [0.29, 0.717) is 13.0 Å². The molecule has 2 unspecified atom stereocenters. The number of rotatable bonds is 3. The van der Waals surface area contributed by atoms with Crippen LogP contribution < -0.4 is 0 Å². The van der Waals surface area contributed by atoms with Crippen molar-refractivity contribution in [2.45, 2.75) is 25.9 Å². The Labute approximate surface area is 98.2 Å². The third-order valence-electron chi connectivity index (χ3n) is 2.63. The van der Waals surface area contributed by atoms with E-state index in [4.69, 9.17) is 16.3 Å². The molecule has 0 N–H and O–H groups in total. The summed E-state index contributed by atoms with van der Waals surface area (Å²) in [6.07, 6.45) is 1.58. The summed E-state index contributed by atoms with van der Waals surface area (Å²) in [7, 11) is 0. The summed E-state index contributed by atoms with van der Waals surface area (Å²) >= 11 is 7.29. The molecule has 0 aromatic carbocycles. The molecule has 0 spiro atoms. The normalized spacial score (nSPS) is 25.7. The number of carbonyl (C=O) groups excluding carboxylic acids is 1. The first-order valence-electron chi connectivity index (χ1n) is 5.03. The van der Waals surface area contributed by atoms with Crippen molar-refractivity contribution < 1.29 is 9.53 Å². The standard InChI is InChI=1S/C11H13ClO2S/c1-7-4-8(6-14-7)10(13)5-9-2-3-11(12)15-9/h2-3,7-8H,4-6H2,1H3. The van der Waals surface area contributed by atoms with Crippen LogP contribution in [0.25, 0.3) is 0 Å². The average Bonchev–Trinajstić information content (AvgIpc) is 2.75. The van der Waals surface area contributed by atoms with Crippen LogP contribution in [-0.4, -0.2) is 18.5 Å². The SMILES string of the molecule is CC1CC(C(=O)Cc2ccc(Cl)s2)CO1. The summed E-state index contributed by atoms with van der Waals surface area (Å²) in [6.45, 7) is 2.59. The molecule has 1 aromatic rings. The van der Waals surface area contributed by atoms with Crippen molar-refractivity contribution in [3.8, 4) is 0 Å². The highest BCUT2D eigenvalue weighted by molar-refractivity contribution is 7.16. The largest absolute Gasteiger partial charge is 0.378 e. The zero-order valence-electron chi connectivity index (χ0n) is 8.53. The quantitative estimate of drug-likeness (QED) is 0.817. The number of halogens is 1. The van der Waals surface area contributed by atoms with Crippen LogP contribution in [0.1, 0.15) is 18.2 Å². The van der Waals surface area contributed by atoms with Gasteiger partial charge < -0.3 is 4.74 Å². The lowest BCUT2D eigenvalue weighted by Crippen LogP contribution is -2.16. The molecule has 4 heteroatoms. The number of ketones is 1. The fourth-order valence-corrected chi connectivity index (χ4v) is 2.90. The van der Waals surface area contributed by atoms with Crippen molar-refractivity contribution >= 4 is 28.7 Å². The van der Waals surface area contributed by atoms with Crippen LogP contribution in [-0.2, 0) is 16.0 Å². The van der Waals surface area contributed by atoms with E-state index < -0.39 is 0 Å². The number of hydrogen-bond acceptors (Lipinski definition) is 3. The average molecular weight is 245 g/mol. The number of ether oxygens (including phenoxy) is 1. The van der Waals surface area contributed by atoms with Crippen molar-refractivity contribution in [3.05, 3.63) is 21.3 Å². The van der Waals surface area contributed by atoms with Gasteiger partial charge in [-0.1, -0.05) is 11.6 Å². The fraction of sp³-hybridized carbons (Fsp3) is 0.545. The minimum Gasteiger partial charge on any atom is -0.378 e. The third-order valence-corrected chi connectivity index (χ3v) is 3.86. The molecule has 1 aromatic heterocycles. The molecule has 1 saturated heterocycles. The molecule has 0 amide bonds. The van der Waals surface area contributed by atoms with Crippen LogP contribution in [0, 0.1) is 5.92 Å². The van der Waals surface area contributed by atoms with Crippen LogP contribution in [0.15, 0.2) is 12.1 Å². The third kappa shape index (κ3) is 2.80. The number of carbonyl (C=O) groups is 1. The van der Waals surface area contributed by atoms with Crippen LogP contribution in [0.4, 0.5) is 0 Å². The molecular formula is C11H13ClO2S. The summed E-state index contributed by atoms with van der Waals surface area (Å²) in [5, 5.41) is 0. The molecule has 15 heavy (non-hydrogen) atoms. The summed E-state index contributed by atoms with van der Waals surface area (Å²) in [4.78, 5) is 12.9. The molecule has 1 fully saturated rings. The highest BCUT2D eigenvalue weighted by atomic mass is 35.5. The number of Topliss-reactive ketones (excluding diaryl/α,β-unsaturated/α-hetero) is 1. The lowest BCUT2D eigenvalue weighted by Gasteiger charge is -2.04. The van der Waals surface area contributed by atoms with Gasteiger partial charge in [-0.25, -0.2) is 0 Å². The fourth-order valence-electron chi connectivity index (χ4n) is 1.80. The molecule has 0 radical (unpaired) electrons. The lowest BCUT2D eigenvalue weighted by molar-refractivity contribution is -0.122. The van der Waals surface area contributed by atoms with E-state index in [9.17, 15) is 4.79 Å². The summed E-state index contributed by atoms with van der Waals surface area (Å²) in [5.41, 5.74) is 0. The first-order valence-corrected chi connectivity index (χ1v) is 6.23. The van der Waals surface area contributed by atoms with Gasteiger partial charge in [-0.2, -0.15) is 0 Å². The number of hydrogen-bond donors (Lipinski definition) is 0. The molecule has 1 aliphatic rings. The Morgan fingerprint density at radius 1 is 1.67 bits per heavy atom. The van der Waals surface area contributed by atoms with Gasteiger partial charge in [0.1, 0.15) is 5.78 Å². The summed E-state index contributed by atoms with van der Waals surface area (Å²) in [6, 6.07) is 3.76. The summed E-state index contributed by atoms with van der Waals surface area (Å²) in [5.74, 6) is 0.360. The smallest absolute Gasteiger partial charge is 0.143 e. The summed E-state index contributed by atoms with van der Waals surface area (Å²) < 4.78 is 6.13. The molecule has 0 saturated carbocycles. The van der Waals surface area contributed by atoms with Crippen molar-refractivity contribution in [3.63, 3.8) is 0 Å². The zero-order chi connectivity index (χ0) is 10.8. The Hall–Kier alpha value is -0.380. The van der Waals surface area contributed by atoms with Crippen LogP contribution >= 0.6 is 22.9 Å². The Bertz CT molecular complexity index is 361. The van der Waals surface area contributed by atoms with E-state index in [2.05, 4.69) is 0 Å². The van der Waals surface area contributed by atoms with Crippen molar-refractivity contribution in [1.29, 1.82) is 0 Å². The van der Waals surface area contributed by atoms with E-state index in [1.807, 2.05) is 19.1 Å². The second kappa shape index (κ2) is 4.64. The maximum absolute atomic E-state index is 11.9. The Morgan fingerprint density at radius 2 is 2.47 bits per heavy atom. The van der Waals surface area contributed by atoms with Gasteiger partial charge in [0.2, 0.25) is 0 Å². The predicted molar refractivity (Wildman–Crippen MR) is 61.6 cm³/mol. The first-order chi connectivity index (χ1) is 7.15. The van der Waals surface area contributed by atoms with Gasteiger partial charge >= 0.3 is 0 Å². The van der Waals surface area contributed by atoms with Crippen LogP contribution in [0.2, 0.25) is 4.34 Å². The number of thiophene rings is 1. The molecule has 2 atom stereocenters. The monoisotopic (exact) mass is 244 g/mol. The Kier molecular flexibility index (Phi) is 3.44. The van der Waals surface area contributed by atoms with Gasteiger partial charge in [0, 0.05) is 17.2 Å². The van der Waals surface area contributed by atoms with Crippen LogP contribution in [0.3, 0.4) is 0 Å². The first kappa shape index (κ1) is 11.1. The second-order valence-corrected chi connectivity index (χ2v) is 5.73. The van der Waals surface area contributed by atoms with Gasteiger partial charge in [0.05, 0.1) is 17.0 Å². The minimum absolute atomic E-state index is 0.0841. The topological polar surface area (TPSA) is 26.3 Å². The molecule has 0 aliphatic carbocycles. The second-order valence-electron chi connectivity index (χ2n) is 3.93. The lowest BCUT2D eigenvalue weighted by atomic mass is 9.98. The van der Waals surface area contributed by atoms with Crippen molar-refractivity contribution in [2.24, 2.45) is 5.92 Å². The molecule has 1 aliphatic heterocycles. The molecule has 82 valence electrons. The molecule has 2 heterocycles. The highest BCUT2D eigenvalue weighted by Gasteiger charge is 2.28. The van der Waals surface area contributed by atoms with E-state index in [1.165, 1.54) is 11.3 Å². The molecule has 0 bridgehead atoms. The van der Waals surface area contributed by atoms with Gasteiger partial charge in [-0.3, -0.25) is 4.79 Å². The van der Waals surface area contributed by atoms with Gasteiger partial charge in [0.25, 0.3) is 0 Å². The van der Waals surface area contributed by atoms with E-state index in [0.717, 1.165) is 15.6 Å². The Balaban J connectivity index is 1.92. The van der Waals surface area contributed by atoms with Gasteiger partial charge in [0.15, 0.2) is 0 Å². The minimum atomic E-state index is 0.0841. The van der Waals surface area contributed by atoms with Gasteiger partial charge in [-0.15, -0.1) is 11.3 Å². The molecule has 2 nitrogen and oxygen atoms in total. The van der Waals surface area contributed by atoms with E-state index in [-0.39, 0.29) is 17.8 Å². The highest BCUT2D eigenvalue weighted by Crippen LogP contribution is 2.25. The zero-order valence-corrected chi connectivity index (χ0v) is 10.1. The maximum Gasteiger partial charge on any atom is 0.143 e. The van der Waals surface area contributed by atoms with Gasteiger partial charge in [-0.05, 0) is 25.5 Å². The maximum atomic E-state index is 11.9.